The van der Waals surface area contributed by atoms with Gasteiger partial charge in [0.1, 0.15) is 5.69 Å². The summed E-state index contributed by atoms with van der Waals surface area (Å²) in [6.45, 7) is 2.48. The molecule has 0 bridgehead atoms. The van der Waals surface area contributed by atoms with Gasteiger partial charge >= 0.3 is 0 Å². The lowest BCUT2D eigenvalue weighted by atomic mass is 10.0. The first-order chi connectivity index (χ1) is 12.6. The Labute approximate surface area is 157 Å². The summed E-state index contributed by atoms with van der Waals surface area (Å²) in [4.78, 5) is 18.8. The van der Waals surface area contributed by atoms with E-state index in [1.54, 1.807) is 12.3 Å². The molecule has 136 valence electrons. The Kier molecular flexibility index (Phi) is 4.80. The SMILES string of the molecule is O=C(c1cc(Nc2ccc(Cl)cc2)ccn1)N1CCC2(CC1)OCCO2. The largest absolute Gasteiger partial charge is 0.355 e. The predicted molar refractivity (Wildman–Crippen MR) is 98.7 cm³/mol. The standard InChI is InChI=1S/C19H20ClN3O3/c20-14-1-3-15(4-2-14)22-16-5-8-21-17(13-16)18(24)23-9-6-19(7-10-23)25-11-12-26-19/h1-5,8,13H,6-7,9-12H2,(H,21,22). The molecule has 1 N–H and O–H groups in total. The molecule has 2 aliphatic rings. The number of anilines is 2. The smallest absolute Gasteiger partial charge is 0.272 e. The zero-order valence-corrected chi connectivity index (χ0v) is 15.0. The van der Waals surface area contributed by atoms with Crippen molar-refractivity contribution >= 4 is 28.9 Å². The maximum absolute atomic E-state index is 12.8. The second-order valence-corrected chi connectivity index (χ2v) is 6.90. The summed E-state index contributed by atoms with van der Waals surface area (Å²) in [6.07, 6.45) is 3.03. The maximum atomic E-state index is 12.8. The minimum atomic E-state index is -0.484. The van der Waals surface area contributed by atoms with Crippen molar-refractivity contribution in [3.05, 3.63) is 53.3 Å². The monoisotopic (exact) mass is 373 g/mol. The Morgan fingerprint density at radius 2 is 1.77 bits per heavy atom. The van der Waals surface area contributed by atoms with Crippen LogP contribution in [0.25, 0.3) is 0 Å². The third kappa shape index (κ3) is 3.67. The average Bonchev–Trinajstić information content (AvgIpc) is 3.12. The highest BCUT2D eigenvalue weighted by molar-refractivity contribution is 6.30. The molecule has 3 heterocycles. The molecule has 1 spiro atoms. The number of nitrogens with zero attached hydrogens (tertiary/aromatic N) is 2. The topological polar surface area (TPSA) is 63.7 Å². The minimum Gasteiger partial charge on any atom is -0.355 e. The van der Waals surface area contributed by atoms with Crippen molar-refractivity contribution in [2.45, 2.75) is 18.6 Å². The van der Waals surface area contributed by atoms with Gasteiger partial charge in [-0.3, -0.25) is 9.78 Å². The van der Waals surface area contributed by atoms with Crippen LogP contribution in [0.2, 0.25) is 5.02 Å². The van der Waals surface area contributed by atoms with Gasteiger partial charge in [-0.2, -0.15) is 0 Å². The van der Waals surface area contributed by atoms with Gasteiger partial charge in [0.15, 0.2) is 5.79 Å². The molecular formula is C19H20ClN3O3. The molecule has 2 aliphatic heterocycles. The van der Waals surface area contributed by atoms with Gasteiger partial charge in [-0.15, -0.1) is 0 Å². The molecule has 0 radical (unpaired) electrons. The molecule has 1 amide bonds. The summed E-state index contributed by atoms with van der Waals surface area (Å²) >= 11 is 5.91. The molecule has 26 heavy (non-hydrogen) atoms. The summed E-state index contributed by atoms with van der Waals surface area (Å²) < 4.78 is 11.4. The molecule has 0 saturated carbocycles. The van der Waals surface area contributed by atoms with E-state index in [2.05, 4.69) is 10.3 Å². The molecule has 2 saturated heterocycles. The maximum Gasteiger partial charge on any atom is 0.272 e. The summed E-state index contributed by atoms with van der Waals surface area (Å²) in [5.41, 5.74) is 2.13. The number of ether oxygens (including phenoxy) is 2. The van der Waals surface area contributed by atoms with Gasteiger partial charge in [0, 0.05) is 48.5 Å². The van der Waals surface area contributed by atoms with Crippen molar-refractivity contribution in [1.82, 2.24) is 9.88 Å². The highest BCUT2D eigenvalue weighted by Crippen LogP contribution is 2.31. The van der Waals surface area contributed by atoms with Crippen molar-refractivity contribution in [1.29, 1.82) is 0 Å². The Bertz CT molecular complexity index is 781. The van der Waals surface area contributed by atoms with E-state index < -0.39 is 5.79 Å². The predicted octanol–water partition coefficient (Wildman–Crippen LogP) is 3.46. The van der Waals surface area contributed by atoms with E-state index in [9.17, 15) is 4.79 Å². The van der Waals surface area contributed by atoms with Crippen LogP contribution in [0.3, 0.4) is 0 Å². The average molecular weight is 374 g/mol. The summed E-state index contributed by atoms with van der Waals surface area (Å²) in [7, 11) is 0. The van der Waals surface area contributed by atoms with E-state index in [1.807, 2.05) is 35.2 Å². The van der Waals surface area contributed by atoms with Crippen LogP contribution in [0.15, 0.2) is 42.6 Å². The highest BCUT2D eigenvalue weighted by Gasteiger charge is 2.41. The van der Waals surface area contributed by atoms with Gasteiger partial charge in [-0.05, 0) is 36.4 Å². The summed E-state index contributed by atoms with van der Waals surface area (Å²) in [5, 5.41) is 3.94. The van der Waals surface area contributed by atoms with Gasteiger partial charge < -0.3 is 19.7 Å². The number of carbonyl (C=O) groups excluding carboxylic acids is 1. The summed E-state index contributed by atoms with van der Waals surface area (Å²) in [5.74, 6) is -0.556. The number of piperidine rings is 1. The Morgan fingerprint density at radius 1 is 1.08 bits per heavy atom. The van der Waals surface area contributed by atoms with Gasteiger partial charge in [0.2, 0.25) is 0 Å². The molecule has 0 aliphatic carbocycles. The van der Waals surface area contributed by atoms with Crippen LogP contribution in [0.5, 0.6) is 0 Å². The molecule has 1 aromatic heterocycles. The van der Waals surface area contributed by atoms with Crippen LogP contribution in [0, 0.1) is 0 Å². The first-order valence-corrected chi connectivity index (χ1v) is 9.07. The van der Waals surface area contributed by atoms with Crippen molar-refractivity contribution in [3.8, 4) is 0 Å². The van der Waals surface area contributed by atoms with Gasteiger partial charge in [-0.25, -0.2) is 0 Å². The number of rotatable bonds is 3. The van der Waals surface area contributed by atoms with E-state index in [0.717, 1.165) is 11.4 Å². The second-order valence-electron chi connectivity index (χ2n) is 6.46. The van der Waals surface area contributed by atoms with Crippen LogP contribution < -0.4 is 5.32 Å². The van der Waals surface area contributed by atoms with Crippen LogP contribution in [0.1, 0.15) is 23.3 Å². The number of nitrogens with one attached hydrogen (secondary N) is 1. The highest BCUT2D eigenvalue weighted by atomic mass is 35.5. The lowest BCUT2D eigenvalue weighted by Crippen LogP contribution is -2.47. The molecule has 2 aromatic rings. The fourth-order valence-electron chi connectivity index (χ4n) is 3.32. The fraction of sp³-hybridized carbons (Fsp3) is 0.368. The Morgan fingerprint density at radius 3 is 2.46 bits per heavy atom. The lowest BCUT2D eigenvalue weighted by Gasteiger charge is -2.37. The molecule has 1 aromatic carbocycles. The number of halogens is 1. The Hall–Kier alpha value is -2.15. The number of aromatic nitrogens is 1. The number of carbonyl (C=O) groups is 1. The van der Waals surface area contributed by atoms with E-state index in [-0.39, 0.29) is 5.91 Å². The number of hydrogen-bond acceptors (Lipinski definition) is 5. The second kappa shape index (κ2) is 7.23. The molecule has 4 rings (SSSR count). The van der Waals surface area contributed by atoms with Gasteiger partial charge in [-0.1, -0.05) is 11.6 Å². The first-order valence-electron chi connectivity index (χ1n) is 8.69. The molecule has 6 nitrogen and oxygen atoms in total. The molecule has 0 atom stereocenters. The molecule has 7 heteroatoms. The van der Waals surface area contributed by atoms with Gasteiger partial charge in [0.25, 0.3) is 5.91 Å². The van der Waals surface area contributed by atoms with E-state index in [4.69, 9.17) is 21.1 Å². The van der Waals surface area contributed by atoms with Crippen LogP contribution in [0.4, 0.5) is 11.4 Å². The zero-order chi connectivity index (χ0) is 18.0. The number of benzene rings is 1. The Balaban J connectivity index is 1.42. The van der Waals surface area contributed by atoms with E-state index in [1.165, 1.54) is 0 Å². The quantitative estimate of drug-likeness (QED) is 0.892. The van der Waals surface area contributed by atoms with Crippen LogP contribution >= 0.6 is 11.6 Å². The number of pyridine rings is 1. The van der Waals surface area contributed by atoms with Crippen molar-refractivity contribution in [2.24, 2.45) is 0 Å². The van der Waals surface area contributed by atoms with Crippen LogP contribution in [-0.4, -0.2) is 47.9 Å². The normalized spacial score (nSPS) is 18.9. The number of hydrogen-bond donors (Lipinski definition) is 1. The molecule has 0 unspecified atom stereocenters. The summed E-state index contributed by atoms with van der Waals surface area (Å²) in [6, 6.07) is 11.0. The van der Waals surface area contributed by atoms with Gasteiger partial charge in [0.05, 0.1) is 13.2 Å². The van der Waals surface area contributed by atoms with E-state index in [0.29, 0.717) is 49.9 Å². The third-order valence-electron chi connectivity index (χ3n) is 4.74. The lowest BCUT2D eigenvalue weighted by molar-refractivity contribution is -0.181. The van der Waals surface area contributed by atoms with Crippen molar-refractivity contribution in [2.75, 3.05) is 31.6 Å². The first kappa shape index (κ1) is 17.3. The van der Waals surface area contributed by atoms with E-state index >= 15 is 0 Å². The van der Waals surface area contributed by atoms with Crippen molar-refractivity contribution < 1.29 is 14.3 Å². The zero-order valence-electron chi connectivity index (χ0n) is 14.3. The fourth-order valence-corrected chi connectivity index (χ4v) is 3.45. The molecular weight excluding hydrogens is 354 g/mol. The molecule has 2 fully saturated rings. The minimum absolute atomic E-state index is 0.0717. The number of likely N-dealkylation sites (tertiary alicyclic amines) is 1. The van der Waals surface area contributed by atoms with Crippen LogP contribution in [-0.2, 0) is 9.47 Å². The number of amides is 1. The third-order valence-corrected chi connectivity index (χ3v) is 4.99. The van der Waals surface area contributed by atoms with Crippen molar-refractivity contribution in [3.63, 3.8) is 0 Å².